The average Bonchev–Trinajstić information content (AvgIpc) is 3.10. The van der Waals surface area contributed by atoms with Crippen LogP contribution in [0.25, 0.3) is 22.2 Å². The lowest BCUT2D eigenvalue weighted by Gasteiger charge is -2.18. The molecule has 0 radical (unpaired) electrons. The van der Waals surface area contributed by atoms with Gasteiger partial charge in [-0.25, -0.2) is 4.68 Å². The number of rotatable bonds is 5. The normalized spacial score (nSPS) is 11.8. The van der Waals surface area contributed by atoms with Crippen molar-refractivity contribution in [2.24, 2.45) is 5.41 Å². The van der Waals surface area contributed by atoms with Crippen molar-refractivity contribution < 1.29 is 0 Å². The zero-order valence-corrected chi connectivity index (χ0v) is 19.5. The van der Waals surface area contributed by atoms with Crippen LogP contribution >= 0.6 is 15.9 Å². The van der Waals surface area contributed by atoms with Crippen molar-refractivity contribution in [1.29, 1.82) is 0 Å². The summed E-state index contributed by atoms with van der Waals surface area (Å²) in [4.78, 5) is 0. The third-order valence-electron chi connectivity index (χ3n) is 5.12. The molecule has 0 saturated heterocycles. The standard InChI is InChI=1S/C25H27BrN4/c1-17-8-5-6-11-20(17)19-10-7-9-18(14-19)15-27-21-12-13-22-24(23(21)26)28-29-30(22)16-25(2,3)4/h5-14,27H,15-16H2,1-4H3. The van der Waals surface area contributed by atoms with Gasteiger partial charge in [0.15, 0.2) is 0 Å². The van der Waals surface area contributed by atoms with E-state index < -0.39 is 0 Å². The summed E-state index contributed by atoms with van der Waals surface area (Å²) in [6.07, 6.45) is 0. The molecule has 0 bridgehead atoms. The largest absolute Gasteiger partial charge is 0.380 e. The second-order valence-electron chi connectivity index (χ2n) is 8.97. The number of aryl methyl sites for hydroxylation is 1. The Labute approximate surface area is 186 Å². The van der Waals surface area contributed by atoms with E-state index in [0.717, 1.165) is 34.3 Å². The van der Waals surface area contributed by atoms with E-state index in [9.17, 15) is 0 Å². The van der Waals surface area contributed by atoms with Gasteiger partial charge in [-0.15, -0.1) is 5.10 Å². The highest BCUT2D eigenvalue weighted by Crippen LogP contribution is 2.32. The molecule has 1 heterocycles. The van der Waals surface area contributed by atoms with Crippen molar-refractivity contribution in [3.63, 3.8) is 0 Å². The molecule has 0 fully saturated rings. The van der Waals surface area contributed by atoms with Crippen LogP contribution in [0.4, 0.5) is 5.69 Å². The summed E-state index contributed by atoms with van der Waals surface area (Å²) in [6, 6.07) is 21.4. The highest BCUT2D eigenvalue weighted by atomic mass is 79.9. The fourth-order valence-corrected chi connectivity index (χ4v) is 4.20. The predicted molar refractivity (Wildman–Crippen MR) is 129 cm³/mol. The van der Waals surface area contributed by atoms with E-state index in [4.69, 9.17) is 0 Å². The van der Waals surface area contributed by atoms with Crippen LogP contribution in [0.3, 0.4) is 0 Å². The number of anilines is 1. The summed E-state index contributed by atoms with van der Waals surface area (Å²) in [7, 11) is 0. The summed E-state index contributed by atoms with van der Waals surface area (Å²) >= 11 is 3.73. The first-order chi connectivity index (χ1) is 14.3. The molecule has 1 N–H and O–H groups in total. The van der Waals surface area contributed by atoms with Gasteiger partial charge in [-0.05, 0) is 68.7 Å². The fourth-order valence-electron chi connectivity index (χ4n) is 3.65. The van der Waals surface area contributed by atoms with E-state index >= 15 is 0 Å². The van der Waals surface area contributed by atoms with E-state index in [1.165, 1.54) is 22.3 Å². The van der Waals surface area contributed by atoms with Gasteiger partial charge in [0.25, 0.3) is 0 Å². The minimum Gasteiger partial charge on any atom is -0.380 e. The minimum absolute atomic E-state index is 0.145. The van der Waals surface area contributed by atoms with Crippen molar-refractivity contribution in [2.45, 2.75) is 40.8 Å². The fraction of sp³-hybridized carbons (Fsp3) is 0.280. The lowest BCUT2D eigenvalue weighted by Crippen LogP contribution is -2.16. The quantitative estimate of drug-likeness (QED) is 0.353. The SMILES string of the molecule is Cc1ccccc1-c1cccc(CNc2ccc3c(nnn3CC(C)(C)C)c2Br)c1. The lowest BCUT2D eigenvalue weighted by atomic mass is 9.97. The summed E-state index contributed by atoms with van der Waals surface area (Å²) in [5, 5.41) is 12.3. The van der Waals surface area contributed by atoms with Gasteiger partial charge in [-0.2, -0.15) is 0 Å². The smallest absolute Gasteiger partial charge is 0.129 e. The zero-order chi connectivity index (χ0) is 21.3. The highest BCUT2D eigenvalue weighted by molar-refractivity contribution is 9.10. The van der Waals surface area contributed by atoms with Crippen LogP contribution in [-0.2, 0) is 13.1 Å². The lowest BCUT2D eigenvalue weighted by molar-refractivity contribution is 0.327. The third-order valence-corrected chi connectivity index (χ3v) is 5.92. The summed E-state index contributed by atoms with van der Waals surface area (Å²) in [5.74, 6) is 0. The Hall–Kier alpha value is -2.66. The molecule has 0 aliphatic rings. The minimum atomic E-state index is 0.145. The second-order valence-corrected chi connectivity index (χ2v) is 9.76. The number of benzene rings is 3. The van der Waals surface area contributed by atoms with E-state index in [1.807, 2.05) is 4.68 Å². The molecule has 4 aromatic rings. The van der Waals surface area contributed by atoms with Crippen molar-refractivity contribution in [1.82, 2.24) is 15.0 Å². The van der Waals surface area contributed by atoms with Gasteiger partial charge in [0.05, 0.1) is 15.7 Å². The maximum atomic E-state index is 4.41. The maximum Gasteiger partial charge on any atom is 0.129 e. The first-order valence-electron chi connectivity index (χ1n) is 10.2. The van der Waals surface area contributed by atoms with Crippen molar-refractivity contribution >= 4 is 32.7 Å². The van der Waals surface area contributed by atoms with Crippen LogP contribution in [0.1, 0.15) is 31.9 Å². The van der Waals surface area contributed by atoms with Gasteiger partial charge in [0, 0.05) is 13.1 Å². The van der Waals surface area contributed by atoms with Crippen LogP contribution in [-0.4, -0.2) is 15.0 Å². The van der Waals surface area contributed by atoms with Crippen molar-refractivity contribution in [3.8, 4) is 11.1 Å². The van der Waals surface area contributed by atoms with Crippen LogP contribution in [0.15, 0.2) is 65.1 Å². The van der Waals surface area contributed by atoms with Crippen molar-refractivity contribution in [3.05, 3.63) is 76.3 Å². The molecule has 4 nitrogen and oxygen atoms in total. The van der Waals surface area contributed by atoms with Gasteiger partial charge in [-0.3, -0.25) is 0 Å². The molecule has 5 heteroatoms. The highest BCUT2D eigenvalue weighted by Gasteiger charge is 2.17. The molecule has 0 spiro atoms. The molecule has 0 atom stereocenters. The molecular formula is C25H27BrN4. The van der Waals surface area contributed by atoms with E-state index in [-0.39, 0.29) is 5.41 Å². The molecule has 0 aliphatic carbocycles. The molecule has 154 valence electrons. The van der Waals surface area contributed by atoms with Gasteiger partial charge in [0.1, 0.15) is 5.52 Å². The molecule has 0 unspecified atom stereocenters. The Morgan fingerprint density at radius 3 is 2.57 bits per heavy atom. The second kappa shape index (κ2) is 8.23. The number of hydrogen-bond acceptors (Lipinski definition) is 3. The first-order valence-corrected chi connectivity index (χ1v) is 11.0. The van der Waals surface area contributed by atoms with E-state index in [2.05, 4.69) is 120 Å². The van der Waals surface area contributed by atoms with Crippen LogP contribution < -0.4 is 5.32 Å². The molecule has 4 rings (SSSR count). The maximum absolute atomic E-state index is 4.41. The summed E-state index contributed by atoms with van der Waals surface area (Å²) in [6.45, 7) is 10.3. The van der Waals surface area contributed by atoms with Gasteiger partial charge in [0.2, 0.25) is 0 Å². The molecule has 0 amide bonds. The topological polar surface area (TPSA) is 42.7 Å². The van der Waals surface area contributed by atoms with Gasteiger partial charge < -0.3 is 5.32 Å². The van der Waals surface area contributed by atoms with Gasteiger partial charge >= 0.3 is 0 Å². The molecular weight excluding hydrogens is 436 g/mol. The molecule has 0 saturated carbocycles. The summed E-state index contributed by atoms with van der Waals surface area (Å²) < 4.78 is 2.94. The number of nitrogens with one attached hydrogen (secondary N) is 1. The zero-order valence-electron chi connectivity index (χ0n) is 17.9. The van der Waals surface area contributed by atoms with Crippen LogP contribution in [0.2, 0.25) is 0 Å². The number of halogens is 1. The Morgan fingerprint density at radius 2 is 1.80 bits per heavy atom. The average molecular weight is 463 g/mol. The van der Waals surface area contributed by atoms with Crippen LogP contribution in [0.5, 0.6) is 0 Å². The van der Waals surface area contributed by atoms with Crippen LogP contribution in [0, 0.1) is 12.3 Å². The number of nitrogens with zero attached hydrogens (tertiary/aromatic N) is 3. The molecule has 3 aromatic carbocycles. The Bertz CT molecular complexity index is 1190. The van der Waals surface area contributed by atoms with Gasteiger partial charge in [-0.1, -0.05) is 68.4 Å². The number of aromatic nitrogens is 3. The summed E-state index contributed by atoms with van der Waals surface area (Å²) in [5.41, 5.74) is 8.14. The number of fused-ring (bicyclic) bond motifs is 1. The first kappa shape index (κ1) is 20.6. The number of hydrogen-bond donors (Lipinski definition) is 1. The predicted octanol–water partition coefficient (Wildman–Crippen LogP) is 6.83. The molecule has 0 aliphatic heterocycles. The van der Waals surface area contributed by atoms with E-state index in [1.54, 1.807) is 0 Å². The van der Waals surface area contributed by atoms with Crippen molar-refractivity contribution in [2.75, 3.05) is 5.32 Å². The van der Waals surface area contributed by atoms with E-state index in [0.29, 0.717) is 0 Å². The third kappa shape index (κ3) is 4.41. The monoisotopic (exact) mass is 462 g/mol. The Balaban J connectivity index is 1.55. The Morgan fingerprint density at radius 1 is 1.00 bits per heavy atom. The molecule has 30 heavy (non-hydrogen) atoms. The Kier molecular flexibility index (Phi) is 5.65. The molecule has 1 aromatic heterocycles.